The Morgan fingerprint density at radius 3 is 2.76 bits per heavy atom. The van der Waals surface area contributed by atoms with Gasteiger partial charge in [-0.3, -0.25) is 4.79 Å². The van der Waals surface area contributed by atoms with Crippen molar-refractivity contribution in [2.75, 3.05) is 0 Å². The lowest BCUT2D eigenvalue weighted by Gasteiger charge is -2.37. The van der Waals surface area contributed by atoms with Crippen LogP contribution in [0.25, 0.3) is 0 Å². The Bertz CT molecular complexity index is 563. The van der Waals surface area contributed by atoms with E-state index in [1.165, 1.54) is 0 Å². The molecule has 0 saturated carbocycles. The second-order valence-electron chi connectivity index (χ2n) is 6.05. The molecule has 3 rings (SSSR count). The standard InChI is InChI=1S/C16H19Cl2NO2/c1-2-13(20)15-10(6-9-7-14(21)16(15)19-9)8-3-4-11(17)12(18)5-8/h3-5,9-10,14-16,19,21H,2,6-7H2,1H3/t9?,10-,14?,15-,16+/m1/s1. The van der Waals surface area contributed by atoms with E-state index in [-0.39, 0.29) is 29.7 Å². The fourth-order valence-electron chi connectivity index (χ4n) is 3.85. The molecule has 0 spiro atoms. The molecule has 0 radical (unpaired) electrons. The minimum absolute atomic E-state index is 0.0978. The summed E-state index contributed by atoms with van der Waals surface area (Å²) >= 11 is 12.1. The van der Waals surface area contributed by atoms with Gasteiger partial charge in [0, 0.05) is 24.4 Å². The molecule has 1 aromatic rings. The van der Waals surface area contributed by atoms with Gasteiger partial charge in [-0.2, -0.15) is 0 Å². The fourth-order valence-corrected chi connectivity index (χ4v) is 4.15. The van der Waals surface area contributed by atoms with Crippen LogP contribution in [0.3, 0.4) is 0 Å². The first kappa shape index (κ1) is 15.3. The van der Waals surface area contributed by atoms with E-state index in [1.54, 1.807) is 6.07 Å². The van der Waals surface area contributed by atoms with Crippen LogP contribution in [0.5, 0.6) is 0 Å². The third-order valence-corrected chi connectivity index (χ3v) is 5.56. The number of hydrogen-bond acceptors (Lipinski definition) is 3. The summed E-state index contributed by atoms with van der Waals surface area (Å²) < 4.78 is 0. The number of aliphatic hydroxyl groups is 1. The Labute approximate surface area is 134 Å². The van der Waals surface area contributed by atoms with Crippen LogP contribution in [0.2, 0.25) is 10.0 Å². The molecule has 2 aliphatic heterocycles. The summed E-state index contributed by atoms with van der Waals surface area (Å²) in [5.41, 5.74) is 1.04. The van der Waals surface area contributed by atoms with Gasteiger partial charge in [0.15, 0.2) is 0 Å². The van der Waals surface area contributed by atoms with Gasteiger partial charge in [0.2, 0.25) is 0 Å². The average molecular weight is 328 g/mol. The highest BCUT2D eigenvalue weighted by molar-refractivity contribution is 6.42. The number of nitrogens with one attached hydrogen (secondary N) is 1. The Kier molecular flexibility index (Phi) is 4.28. The quantitative estimate of drug-likeness (QED) is 0.896. The third kappa shape index (κ3) is 2.72. The van der Waals surface area contributed by atoms with Crippen molar-refractivity contribution in [3.63, 3.8) is 0 Å². The Balaban J connectivity index is 1.98. The predicted octanol–water partition coefficient (Wildman–Crippen LogP) is 3.17. The van der Waals surface area contributed by atoms with Crippen molar-refractivity contribution < 1.29 is 9.90 Å². The third-order valence-electron chi connectivity index (χ3n) is 4.82. The molecule has 114 valence electrons. The molecule has 2 bridgehead atoms. The molecule has 2 fully saturated rings. The molecule has 0 aromatic heterocycles. The molecule has 2 N–H and O–H groups in total. The van der Waals surface area contributed by atoms with E-state index in [0.29, 0.717) is 16.5 Å². The van der Waals surface area contributed by atoms with E-state index in [1.807, 2.05) is 19.1 Å². The van der Waals surface area contributed by atoms with Gasteiger partial charge in [-0.25, -0.2) is 0 Å². The van der Waals surface area contributed by atoms with Gasteiger partial charge in [-0.05, 0) is 36.5 Å². The summed E-state index contributed by atoms with van der Waals surface area (Å²) in [6.45, 7) is 1.88. The van der Waals surface area contributed by atoms with E-state index in [0.717, 1.165) is 18.4 Å². The maximum Gasteiger partial charge on any atom is 0.137 e. The van der Waals surface area contributed by atoms with Gasteiger partial charge in [0.25, 0.3) is 0 Å². The fraction of sp³-hybridized carbons (Fsp3) is 0.562. The number of Topliss-reactive ketones (excluding diaryl/α,β-unsaturated/α-hetero) is 1. The Hall–Kier alpha value is -0.610. The highest BCUT2D eigenvalue weighted by Gasteiger charge is 2.49. The minimum atomic E-state index is -0.441. The van der Waals surface area contributed by atoms with Crippen LogP contribution in [0.15, 0.2) is 18.2 Å². The van der Waals surface area contributed by atoms with Crippen molar-refractivity contribution >= 4 is 29.0 Å². The number of hydrogen-bond donors (Lipinski definition) is 2. The van der Waals surface area contributed by atoms with Gasteiger partial charge in [-0.15, -0.1) is 0 Å². The molecule has 2 unspecified atom stereocenters. The highest BCUT2D eigenvalue weighted by Crippen LogP contribution is 2.43. The van der Waals surface area contributed by atoms with Crippen LogP contribution < -0.4 is 5.32 Å². The van der Waals surface area contributed by atoms with E-state index in [9.17, 15) is 9.90 Å². The van der Waals surface area contributed by atoms with Crippen molar-refractivity contribution in [3.05, 3.63) is 33.8 Å². The monoisotopic (exact) mass is 327 g/mol. The van der Waals surface area contributed by atoms with Crippen molar-refractivity contribution in [1.29, 1.82) is 0 Å². The second-order valence-corrected chi connectivity index (χ2v) is 6.87. The van der Waals surface area contributed by atoms with Crippen molar-refractivity contribution in [1.82, 2.24) is 5.32 Å². The summed E-state index contributed by atoms with van der Waals surface area (Å²) in [5, 5.41) is 14.7. The summed E-state index contributed by atoms with van der Waals surface area (Å²) in [6, 6.07) is 5.72. The largest absolute Gasteiger partial charge is 0.391 e. The average Bonchev–Trinajstić information content (AvgIpc) is 2.76. The molecule has 2 aliphatic rings. The summed E-state index contributed by atoms with van der Waals surface area (Å²) in [4.78, 5) is 12.4. The molecule has 1 aromatic carbocycles. The minimum Gasteiger partial charge on any atom is -0.391 e. The molecule has 3 nitrogen and oxygen atoms in total. The summed E-state index contributed by atoms with van der Waals surface area (Å²) in [7, 11) is 0. The first-order chi connectivity index (χ1) is 10.0. The van der Waals surface area contributed by atoms with Gasteiger partial charge in [-0.1, -0.05) is 36.2 Å². The Morgan fingerprint density at radius 2 is 2.10 bits per heavy atom. The maximum absolute atomic E-state index is 12.4. The maximum atomic E-state index is 12.4. The number of carbonyl (C=O) groups is 1. The number of halogens is 2. The normalized spacial score (nSPS) is 35.0. The van der Waals surface area contributed by atoms with Crippen LogP contribution in [0.1, 0.15) is 37.7 Å². The number of carbonyl (C=O) groups excluding carboxylic acids is 1. The summed E-state index contributed by atoms with van der Waals surface area (Å²) in [6.07, 6.45) is 1.61. The van der Waals surface area contributed by atoms with Gasteiger partial charge in [0.1, 0.15) is 5.78 Å². The van der Waals surface area contributed by atoms with Crippen molar-refractivity contribution in [3.8, 4) is 0 Å². The molecule has 21 heavy (non-hydrogen) atoms. The summed E-state index contributed by atoms with van der Waals surface area (Å²) in [5.74, 6) is 0.101. The first-order valence-electron chi connectivity index (χ1n) is 7.43. The zero-order valence-electron chi connectivity index (χ0n) is 11.9. The number of piperidine rings is 1. The van der Waals surface area contributed by atoms with Crippen LogP contribution in [-0.2, 0) is 4.79 Å². The van der Waals surface area contributed by atoms with Crippen molar-refractivity contribution in [2.24, 2.45) is 5.92 Å². The zero-order chi connectivity index (χ0) is 15.1. The number of benzene rings is 1. The van der Waals surface area contributed by atoms with Gasteiger partial charge < -0.3 is 10.4 Å². The molecule has 2 saturated heterocycles. The number of rotatable bonds is 3. The van der Waals surface area contributed by atoms with E-state index < -0.39 is 6.10 Å². The van der Waals surface area contributed by atoms with E-state index in [2.05, 4.69) is 5.32 Å². The molecule has 0 aliphatic carbocycles. The Morgan fingerprint density at radius 1 is 1.33 bits per heavy atom. The van der Waals surface area contributed by atoms with Gasteiger partial charge in [0.05, 0.1) is 16.1 Å². The predicted molar refractivity (Wildman–Crippen MR) is 83.9 cm³/mol. The molecule has 0 amide bonds. The second kappa shape index (κ2) is 5.88. The number of aliphatic hydroxyl groups excluding tert-OH is 1. The van der Waals surface area contributed by atoms with Crippen molar-refractivity contribution in [2.45, 2.75) is 50.3 Å². The van der Waals surface area contributed by atoms with Crippen LogP contribution >= 0.6 is 23.2 Å². The first-order valence-corrected chi connectivity index (χ1v) is 8.18. The molecular formula is C16H19Cl2NO2. The lowest BCUT2D eigenvalue weighted by molar-refractivity contribution is -0.125. The number of ketones is 1. The lowest BCUT2D eigenvalue weighted by atomic mass is 9.74. The highest BCUT2D eigenvalue weighted by atomic mass is 35.5. The topological polar surface area (TPSA) is 49.3 Å². The van der Waals surface area contributed by atoms with Crippen LogP contribution in [0.4, 0.5) is 0 Å². The van der Waals surface area contributed by atoms with E-state index in [4.69, 9.17) is 23.2 Å². The SMILES string of the molecule is CCC(=O)[C@H]1[C@@H](c2ccc(Cl)c(Cl)c2)CC2CC(O)[C@@H]1N2. The molecular weight excluding hydrogens is 309 g/mol. The lowest BCUT2D eigenvalue weighted by Crippen LogP contribution is -2.50. The molecule has 5 atom stereocenters. The smallest absolute Gasteiger partial charge is 0.137 e. The van der Waals surface area contributed by atoms with Gasteiger partial charge >= 0.3 is 0 Å². The van der Waals surface area contributed by atoms with Crippen LogP contribution in [-0.4, -0.2) is 29.1 Å². The van der Waals surface area contributed by atoms with Crippen LogP contribution in [0, 0.1) is 5.92 Å². The number of fused-ring (bicyclic) bond motifs is 2. The van der Waals surface area contributed by atoms with E-state index >= 15 is 0 Å². The zero-order valence-corrected chi connectivity index (χ0v) is 13.4. The molecule has 5 heteroatoms. The molecule has 2 heterocycles.